The SMILES string of the molecule is CC(C)(C)c1cc(C(C)(C)C)c2oc3cc(N(c4ccc5c(c4)C(C)(C)c4ccccc4-5)c4ccccc4-c4ccccc4)ccc3c2c1. The highest BCUT2D eigenvalue weighted by atomic mass is 16.3. The summed E-state index contributed by atoms with van der Waals surface area (Å²) in [5.74, 6) is 0. The van der Waals surface area contributed by atoms with Gasteiger partial charge in [0.25, 0.3) is 0 Å². The molecule has 1 heterocycles. The van der Waals surface area contributed by atoms with Gasteiger partial charge in [0.05, 0.1) is 5.69 Å². The molecule has 0 N–H and O–H groups in total. The van der Waals surface area contributed by atoms with Crippen molar-refractivity contribution in [1.29, 1.82) is 0 Å². The van der Waals surface area contributed by atoms with E-state index in [9.17, 15) is 0 Å². The van der Waals surface area contributed by atoms with Gasteiger partial charge in [0.2, 0.25) is 0 Å². The molecule has 0 spiro atoms. The third kappa shape index (κ3) is 5.08. The van der Waals surface area contributed by atoms with Gasteiger partial charge >= 0.3 is 0 Å². The predicted octanol–water partition coefficient (Wildman–Crippen LogP) is 13.6. The van der Waals surface area contributed by atoms with Gasteiger partial charge in [0.15, 0.2) is 0 Å². The molecule has 1 aromatic heterocycles. The van der Waals surface area contributed by atoms with Gasteiger partial charge in [0, 0.05) is 44.8 Å². The van der Waals surface area contributed by atoms with Gasteiger partial charge < -0.3 is 9.32 Å². The van der Waals surface area contributed by atoms with Crippen LogP contribution in [-0.4, -0.2) is 0 Å². The summed E-state index contributed by atoms with van der Waals surface area (Å²) in [5.41, 5.74) is 15.4. The number of fused-ring (bicyclic) bond motifs is 6. The van der Waals surface area contributed by atoms with Crippen LogP contribution in [0.2, 0.25) is 0 Å². The number of hydrogen-bond acceptors (Lipinski definition) is 2. The highest BCUT2D eigenvalue weighted by Crippen LogP contribution is 2.51. The molecule has 0 saturated carbocycles. The molecule has 49 heavy (non-hydrogen) atoms. The Bertz CT molecular complexity index is 2380. The van der Waals surface area contributed by atoms with Crippen molar-refractivity contribution in [3.8, 4) is 22.3 Å². The first-order valence-corrected chi connectivity index (χ1v) is 17.5. The average Bonchev–Trinajstić information content (AvgIpc) is 3.56. The van der Waals surface area contributed by atoms with Crippen molar-refractivity contribution in [2.24, 2.45) is 0 Å². The van der Waals surface area contributed by atoms with E-state index in [4.69, 9.17) is 4.42 Å². The fraction of sp³-hybridized carbons (Fsp3) is 0.234. The molecule has 0 atom stereocenters. The summed E-state index contributed by atoms with van der Waals surface area (Å²) in [6.45, 7) is 18.4. The minimum atomic E-state index is -0.108. The molecule has 0 fully saturated rings. The summed E-state index contributed by atoms with van der Waals surface area (Å²) >= 11 is 0. The molecular weight excluding hydrogens is 595 g/mol. The van der Waals surface area contributed by atoms with Crippen molar-refractivity contribution >= 4 is 39.0 Å². The quantitative estimate of drug-likeness (QED) is 0.191. The molecule has 1 aliphatic rings. The Morgan fingerprint density at radius 1 is 0.531 bits per heavy atom. The zero-order chi connectivity index (χ0) is 34.3. The van der Waals surface area contributed by atoms with Crippen LogP contribution >= 0.6 is 0 Å². The highest BCUT2D eigenvalue weighted by molar-refractivity contribution is 6.08. The van der Waals surface area contributed by atoms with Crippen LogP contribution in [0, 0.1) is 0 Å². The van der Waals surface area contributed by atoms with Gasteiger partial charge in [-0.25, -0.2) is 0 Å². The average molecular weight is 640 g/mol. The highest BCUT2D eigenvalue weighted by Gasteiger charge is 2.36. The van der Waals surface area contributed by atoms with Crippen molar-refractivity contribution in [2.45, 2.75) is 71.6 Å². The standard InChI is InChI=1S/C47H45NO/c1-45(2,3)31-26-38-37-25-23-33(29-43(37)49-44(38)41(27-31)46(4,5)6)48(42-21-15-13-18-34(42)30-16-10-9-11-17-30)32-22-24-36-35-19-12-14-20-39(35)47(7,8)40(36)28-32/h9-29H,1-8H3. The van der Waals surface area contributed by atoms with E-state index in [0.717, 1.165) is 33.6 Å². The van der Waals surface area contributed by atoms with Crippen LogP contribution in [0.25, 0.3) is 44.2 Å². The Morgan fingerprint density at radius 3 is 1.90 bits per heavy atom. The second-order valence-electron chi connectivity index (χ2n) is 16.3. The Morgan fingerprint density at radius 2 is 1.16 bits per heavy atom. The van der Waals surface area contributed by atoms with E-state index in [2.05, 4.69) is 188 Å². The first-order chi connectivity index (χ1) is 23.3. The van der Waals surface area contributed by atoms with Crippen molar-refractivity contribution < 1.29 is 4.42 Å². The van der Waals surface area contributed by atoms with E-state index in [1.165, 1.54) is 49.9 Å². The van der Waals surface area contributed by atoms with Crippen molar-refractivity contribution in [3.05, 3.63) is 150 Å². The fourth-order valence-corrected chi connectivity index (χ4v) is 7.79. The van der Waals surface area contributed by atoms with Gasteiger partial charge in [0.1, 0.15) is 11.2 Å². The number of nitrogens with zero attached hydrogens (tertiary/aromatic N) is 1. The molecule has 0 bridgehead atoms. The Balaban J connectivity index is 1.38. The minimum Gasteiger partial charge on any atom is -0.456 e. The van der Waals surface area contributed by atoms with Crippen molar-refractivity contribution in [2.75, 3.05) is 4.90 Å². The van der Waals surface area contributed by atoms with E-state index in [1.807, 2.05) is 0 Å². The molecule has 0 radical (unpaired) electrons. The molecular formula is C47H45NO. The Kier molecular flexibility index (Phi) is 6.99. The Labute approximate surface area is 291 Å². The smallest absolute Gasteiger partial charge is 0.139 e. The lowest BCUT2D eigenvalue weighted by Gasteiger charge is -2.29. The largest absolute Gasteiger partial charge is 0.456 e. The van der Waals surface area contributed by atoms with Crippen LogP contribution in [0.1, 0.15) is 77.6 Å². The summed E-state index contributed by atoms with van der Waals surface area (Å²) in [4.78, 5) is 2.42. The van der Waals surface area contributed by atoms with Crippen LogP contribution in [0.15, 0.2) is 132 Å². The summed E-state index contributed by atoms with van der Waals surface area (Å²) < 4.78 is 6.88. The van der Waals surface area contributed by atoms with Gasteiger partial charge in [-0.05, 0) is 80.6 Å². The van der Waals surface area contributed by atoms with Gasteiger partial charge in [-0.3, -0.25) is 0 Å². The van der Waals surface area contributed by atoms with Crippen molar-refractivity contribution in [1.82, 2.24) is 0 Å². The molecule has 0 unspecified atom stereocenters. The number of para-hydroxylation sites is 1. The van der Waals surface area contributed by atoms with E-state index < -0.39 is 0 Å². The number of hydrogen-bond donors (Lipinski definition) is 0. The molecule has 2 heteroatoms. The predicted molar refractivity (Wildman–Crippen MR) is 209 cm³/mol. The number of anilines is 3. The zero-order valence-corrected chi connectivity index (χ0v) is 30.0. The van der Waals surface area contributed by atoms with Crippen LogP contribution < -0.4 is 4.90 Å². The van der Waals surface area contributed by atoms with E-state index >= 15 is 0 Å². The molecule has 1 aliphatic carbocycles. The summed E-state index contributed by atoms with van der Waals surface area (Å²) in [5, 5.41) is 2.34. The van der Waals surface area contributed by atoms with Crippen LogP contribution in [-0.2, 0) is 16.2 Å². The topological polar surface area (TPSA) is 16.4 Å². The molecule has 2 nitrogen and oxygen atoms in total. The van der Waals surface area contributed by atoms with Crippen LogP contribution in [0.4, 0.5) is 17.1 Å². The van der Waals surface area contributed by atoms with E-state index in [-0.39, 0.29) is 16.2 Å². The summed E-state index contributed by atoms with van der Waals surface area (Å²) in [6, 6.07) is 46.8. The lowest BCUT2D eigenvalue weighted by Crippen LogP contribution is -2.16. The second kappa shape index (κ2) is 11.0. The van der Waals surface area contributed by atoms with E-state index in [1.54, 1.807) is 0 Å². The first kappa shape index (κ1) is 31.2. The first-order valence-electron chi connectivity index (χ1n) is 17.5. The number of rotatable bonds is 4. The lowest BCUT2D eigenvalue weighted by molar-refractivity contribution is 0.559. The summed E-state index contributed by atoms with van der Waals surface area (Å²) in [7, 11) is 0. The number of furan rings is 1. The molecule has 0 aliphatic heterocycles. The molecule has 6 aromatic carbocycles. The maximum atomic E-state index is 6.88. The van der Waals surface area contributed by atoms with Gasteiger partial charge in [-0.2, -0.15) is 0 Å². The monoisotopic (exact) mass is 639 g/mol. The minimum absolute atomic E-state index is 0.0245. The fourth-order valence-electron chi connectivity index (χ4n) is 7.79. The third-order valence-corrected chi connectivity index (χ3v) is 10.5. The Hall–Kier alpha value is -5.08. The molecule has 0 amide bonds. The molecule has 7 aromatic rings. The molecule has 8 rings (SSSR count). The van der Waals surface area contributed by atoms with Crippen LogP contribution in [0.5, 0.6) is 0 Å². The number of benzene rings is 6. The third-order valence-electron chi connectivity index (χ3n) is 10.5. The normalized spacial score (nSPS) is 13.9. The van der Waals surface area contributed by atoms with Crippen LogP contribution in [0.3, 0.4) is 0 Å². The molecule has 0 saturated heterocycles. The van der Waals surface area contributed by atoms with Crippen molar-refractivity contribution in [3.63, 3.8) is 0 Å². The molecule has 244 valence electrons. The second-order valence-corrected chi connectivity index (χ2v) is 16.3. The zero-order valence-electron chi connectivity index (χ0n) is 30.0. The lowest BCUT2D eigenvalue weighted by atomic mass is 9.79. The summed E-state index contributed by atoms with van der Waals surface area (Å²) in [6.07, 6.45) is 0. The maximum Gasteiger partial charge on any atom is 0.139 e. The maximum absolute atomic E-state index is 6.88. The van der Waals surface area contributed by atoms with Gasteiger partial charge in [-0.1, -0.05) is 140 Å². The van der Waals surface area contributed by atoms with E-state index in [0.29, 0.717) is 0 Å². The van der Waals surface area contributed by atoms with Gasteiger partial charge in [-0.15, -0.1) is 0 Å².